The number of amides is 1. The van der Waals surface area contributed by atoms with E-state index < -0.39 is 23.7 Å². The van der Waals surface area contributed by atoms with Crippen molar-refractivity contribution in [3.63, 3.8) is 0 Å². The number of aryl methyl sites for hydroxylation is 2. The lowest BCUT2D eigenvalue weighted by atomic mass is 9.93. The Hall–Kier alpha value is -4.39. The molecule has 1 amide bonds. The van der Waals surface area contributed by atoms with Crippen LogP contribution in [0.25, 0.3) is 5.76 Å². The quantitative estimate of drug-likeness (QED) is 0.231. The van der Waals surface area contributed by atoms with Crippen molar-refractivity contribution in [2.75, 3.05) is 18.6 Å². The fraction of sp³-hybridized carbons (Fsp3) is 0.233. The Kier molecular flexibility index (Phi) is 6.53. The molecule has 0 spiro atoms. The van der Waals surface area contributed by atoms with Gasteiger partial charge in [0.2, 0.25) is 0 Å². The van der Waals surface area contributed by atoms with Crippen LogP contribution in [0.5, 0.6) is 5.75 Å². The lowest BCUT2D eigenvalue weighted by Gasteiger charge is -2.26. The van der Waals surface area contributed by atoms with Crippen LogP contribution in [0.3, 0.4) is 0 Å². The van der Waals surface area contributed by atoms with E-state index in [4.69, 9.17) is 9.47 Å². The lowest BCUT2D eigenvalue weighted by molar-refractivity contribution is -0.132. The summed E-state index contributed by atoms with van der Waals surface area (Å²) in [5.74, 6) is -1.49. The average Bonchev–Trinajstić information content (AvgIpc) is 3.21. The van der Waals surface area contributed by atoms with Crippen LogP contribution in [0.4, 0.5) is 5.69 Å². The van der Waals surface area contributed by atoms with Crippen LogP contribution in [-0.2, 0) is 27.2 Å². The average molecular weight is 498 g/mol. The van der Waals surface area contributed by atoms with Crippen molar-refractivity contribution in [2.45, 2.75) is 32.2 Å². The third-order valence-corrected chi connectivity index (χ3v) is 6.90. The van der Waals surface area contributed by atoms with Gasteiger partial charge in [-0.05, 0) is 78.4 Å². The summed E-state index contributed by atoms with van der Waals surface area (Å²) < 4.78 is 10.4. The Morgan fingerprint density at radius 1 is 1.03 bits per heavy atom. The maximum atomic E-state index is 13.4. The number of hydrogen-bond donors (Lipinski definition) is 1. The zero-order valence-electron chi connectivity index (χ0n) is 20.7. The molecule has 188 valence electrons. The Balaban J connectivity index is 1.65. The first kappa shape index (κ1) is 24.3. The second-order valence-corrected chi connectivity index (χ2v) is 9.08. The molecule has 7 nitrogen and oxygen atoms in total. The summed E-state index contributed by atoms with van der Waals surface area (Å²) in [6.07, 6.45) is 2.51. The van der Waals surface area contributed by atoms with E-state index in [2.05, 4.69) is 0 Å². The van der Waals surface area contributed by atoms with E-state index >= 15 is 0 Å². The number of aliphatic hydroxyl groups is 1. The van der Waals surface area contributed by atoms with Gasteiger partial charge >= 0.3 is 5.97 Å². The molecule has 7 heteroatoms. The predicted octanol–water partition coefficient (Wildman–Crippen LogP) is 4.99. The number of benzene rings is 3. The highest BCUT2D eigenvalue weighted by atomic mass is 16.5. The van der Waals surface area contributed by atoms with Crippen LogP contribution in [0.2, 0.25) is 0 Å². The van der Waals surface area contributed by atoms with Gasteiger partial charge in [-0.25, -0.2) is 4.79 Å². The smallest absolute Gasteiger partial charge is 0.337 e. The fourth-order valence-electron chi connectivity index (χ4n) is 4.89. The number of methoxy groups -OCH3 is 1. The van der Waals surface area contributed by atoms with Crippen LogP contribution < -0.4 is 9.64 Å². The Morgan fingerprint density at radius 2 is 1.73 bits per heavy atom. The van der Waals surface area contributed by atoms with Crippen molar-refractivity contribution in [3.8, 4) is 5.75 Å². The molecule has 37 heavy (non-hydrogen) atoms. The highest BCUT2D eigenvalue weighted by Crippen LogP contribution is 2.42. The van der Waals surface area contributed by atoms with Crippen LogP contribution >= 0.6 is 0 Å². The standard InChI is InChI=1S/C30H27NO6/c1-3-18-6-8-19(9-7-18)26-25(27(32)22-12-15-24-21(17-22)5-4-16-37-24)28(33)29(34)31(26)23-13-10-20(11-14-23)30(35)36-2/h6-15,17,26,32H,3-5,16H2,1-2H3/b27-25-. The summed E-state index contributed by atoms with van der Waals surface area (Å²) in [7, 11) is 1.29. The Morgan fingerprint density at radius 3 is 2.41 bits per heavy atom. The molecule has 2 aliphatic heterocycles. The monoisotopic (exact) mass is 497 g/mol. The fourth-order valence-corrected chi connectivity index (χ4v) is 4.89. The summed E-state index contributed by atoms with van der Waals surface area (Å²) in [5, 5.41) is 11.4. The molecule has 1 unspecified atom stereocenters. The molecule has 2 aliphatic rings. The number of carbonyl (C=O) groups excluding carboxylic acids is 3. The van der Waals surface area contributed by atoms with Crippen molar-refractivity contribution >= 4 is 29.1 Å². The minimum atomic E-state index is -0.845. The topological polar surface area (TPSA) is 93.1 Å². The van der Waals surface area contributed by atoms with Gasteiger partial charge in [-0.15, -0.1) is 0 Å². The SMILES string of the molecule is CCc1ccc(C2/C(=C(/O)c3ccc4c(c3)CCCO4)C(=O)C(=O)N2c2ccc(C(=O)OC)cc2)cc1. The van der Waals surface area contributed by atoms with Gasteiger partial charge < -0.3 is 14.6 Å². The van der Waals surface area contributed by atoms with Gasteiger partial charge in [0.25, 0.3) is 11.7 Å². The molecule has 0 radical (unpaired) electrons. The third-order valence-electron chi connectivity index (χ3n) is 6.90. The van der Waals surface area contributed by atoms with Crippen LogP contribution in [-0.4, -0.2) is 36.5 Å². The molecule has 3 aromatic rings. The maximum Gasteiger partial charge on any atom is 0.337 e. The number of ketones is 1. The van der Waals surface area contributed by atoms with Gasteiger partial charge in [-0.3, -0.25) is 14.5 Å². The molecule has 2 heterocycles. The van der Waals surface area contributed by atoms with Crippen molar-refractivity contribution < 1.29 is 29.0 Å². The molecule has 1 saturated heterocycles. The molecule has 1 N–H and O–H groups in total. The zero-order valence-corrected chi connectivity index (χ0v) is 20.7. The van der Waals surface area contributed by atoms with Gasteiger partial charge in [-0.2, -0.15) is 0 Å². The van der Waals surface area contributed by atoms with Crippen molar-refractivity contribution in [1.29, 1.82) is 0 Å². The normalized spacial score (nSPS) is 18.3. The largest absolute Gasteiger partial charge is 0.507 e. The van der Waals surface area contributed by atoms with Gasteiger partial charge in [-0.1, -0.05) is 31.2 Å². The van der Waals surface area contributed by atoms with E-state index in [-0.39, 0.29) is 11.3 Å². The van der Waals surface area contributed by atoms with Gasteiger partial charge in [0.05, 0.1) is 30.9 Å². The van der Waals surface area contributed by atoms with Crippen molar-refractivity contribution in [1.82, 2.24) is 0 Å². The number of esters is 1. The van der Waals surface area contributed by atoms with E-state index in [1.54, 1.807) is 36.4 Å². The summed E-state index contributed by atoms with van der Waals surface area (Å²) in [4.78, 5) is 40.1. The van der Waals surface area contributed by atoms with E-state index in [0.717, 1.165) is 36.1 Å². The molecular formula is C30H27NO6. The number of rotatable bonds is 5. The molecular weight excluding hydrogens is 470 g/mol. The van der Waals surface area contributed by atoms with Crippen LogP contribution in [0, 0.1) is 0 Å². The minimum absolute atomic E-state index is 0.0166. The summed E-state index contributed by atoms with van der Waals surface area (Å²) in [5.41, 5.74) is 3.97. The number of Topliss-reactive ketones (excluding diaryl/α,β-unsaturated/α-hetero) is 1. The van der Waals surface area contributed by atoms with E-state index in [9.17, 15) is 19.5 Å². The van der Waals surface area contributed by atoms with Crippen LogP contribution in [0.1, 0.15) is 52.0 Å². The number of fused-ring (bicyclic) bond motifs is 1. The predicted molar refractivity (Wildman–Crippen MR) is 139 cm³/mol. The number of anilines is 1. The molecule has 1 atom stereocenters. The molecule has 5 rings (SSSR count). The summed E-state index contributed by atoms with van der Waals surface area (Å²) in [6, 6.07) is 18.4. The van der Waals surface area contributed by atoms with Crippen molar-refractivity contribution in [2.24, 2.45) is 0 Å². The number of carbonyl (C=O) groups is 3. The van der Waals surface area contributed by atoms with E-state index in [0.29, 0.717) is 29.0 Å². The minimum Gasteiger partial charge on any atom is -0.507 e. The number of nitrogens with zero attached hydrogens (tertiary/aromatic N) is 1. The maximum absolute atomic E-state index is 13.4. The number of hydrogen-bond acceptors (Lipinski definition) is 6. The van der Waals surface area contributed by atoms with E-state index in [1.165, 1.54) is 12.0 Å². The first-order valence-corrected chi connectivity index (χ1v) is 12.3. The van der Waals surface area contributed by atoms with Crippen LogP contribution in [0.15, 0.2) is 72.3 Å². The highest BCUT2D eigenvalue weighted by Gasteiger charge is 2.47. The first-order valence-electron chi connectivity index (χ1n) is 12.3. The number of aliphatic hydroxyl groups excluding tert-OH is 1. The molecule has 0 saturated carbocycles. The molecule has 0 bridgehead atoms. The Labute approximate surface area is 214 Å². The van der Waals surface area contributed by atoms with E-state index in [1.807, 2.05) is 37.3 Å². The van der Waals surface area contributed by atoms with Crippen molar-refractivity contribution in [3.05, 3.63) is 100 Å². The first-order chi connectivity index (χ1) is 17.9. The summed E-state index contributed by atoms with van der Waals surface area (Å²) >= 11 is 0. The van der Waals surface area contributed by atoms with Gasteiger partial charge in [0, 0.05) is 11.3 Å². The molecule has 0 aliphatic carbocycles. The number of ether oxygens (including phenoxy) is 2. The second-order valence-electron chi connectivity index (χ2n) is 9.08. The highest BCUT2D eigenvalue weighted by molar-refractivity contribution is 6.51. The molecule has 1 fully saturated rings. The second kappa shape index (κ2) is 9.93. The molecule has 0 aromatic heterocycles. The lowest BCUT2D eigenvalue weighted by Crippen LogP contribution is -2.29. The third kappa shape index (κ3) is 4.37. The molecule has 3 aromatic carbocycles. The van der Waals surface area contributed by atoms with Gasteiger partial charge in [0.1, 0.15) is 11.5 Å². The van der Waals surface area contributed by atoms with Gasteiger partial charge in [0.15, 0.2) is 0 Å². The Bertz CT molecular complexity index is 1400. The zero-order chi connectivity index (χ0) is 26.1. The summed E-state index contributed by atoms with van der Waals surface area (Å²) in [6.45, 7) is 2.69.